The second-order valence-electron chi connectivity index (χ2n) is 6.56. The van der Waals surface area contributed by atoms with Crippen molar-refractivity contribution in [3.63, 3.8) is 0 Å². The number of piperidine rings is 1. The van der Waals surface area contributed by atoms with Crippen molar-refractivity contribution in [1.29, 1.82) is 0 Å². The van der Waals surface area contributed by atoms with Crippen molar-refractivity contribution < 1.29 is 14.3 Å². The first-order valence-corrected chi connectivity index (χ1v) is 7.39. The molecular formula is C17H23NO3. The van der Waals surface area contributed by atoms with Crippen molar-refractivity contribution in [3.8, 4) is 0 Å². The standard InChI is InChI=1S/C17H23NO3/c1-12-14(13-8-6-5-7-9-13)10-11-18(15(12)19)16(20)21-17(2,3)4/h5-9,12,14H,10-11H2,1-4H3/t12-,14?/m0/s1. The van der Waals surface area contributed by atoms with Gasteiger partial charge in [-0.05, 0) is 38.7 Å². The smallest absolute Gasteiger partial charge is 0.417 e. The topological polar surface area (TPSA) is 46.6 Å². The van der Waals surface area contributed by atoms with E-state index in [9.17, 15) is 9.59 Å². The highest BCUT2D eigenvalue weighted by atomic mass is 16.6. The van der Waals surface area contributed by atoms with Crippen molar-refractivity contribution in [2.24, 2.45) is 5.92 Å². The van der Waals surface area contributed by atoms with Crippen LogP contribution in [0.25, 0.3) is 0 Å². The monoisotopic (exact) mass is 289 g/mol. The van der Waals surface area contributed by atoms with Crippen molar-refractivity contribution in [3.05, 3.63) is 35.9 Å². The summed E-state index contributed by atoms with van der Waals surface area (Å²) in [5, 5.41) is 0. The third kappa shape index (κ3) is 3.63. The fourth-order valence-corrected chi connectivity index (χ4v) is 2.70. The number of ether oxygens (including phenoxy) is 1. The average molecular weight is 289 g/mol. The van der Waals surface area contributed by atoms with Crippen LogP contribution in [0.2, 0.25) is 0 Å². The average Bonchev–Trinajstić information content (AvgIpc) is 2.40. The van der Waals surface area contributed by atoms with Gasteiger partial charge >= 0.3 is 6.09 Å². The van der Waals surface area contributed by atoms with Gasteiger partial charge in [0.05, 0.1) is 0 Å². The maximum atomic E-state index is 12.5. The molecule has 1 aliphatic heterocycles. The van der Waals surface area contributed by atoms with Crippen LogP contribution in [0.5, 0.6) is 0 Å². The van der Waals surface area contributed by atoms with Crippen LogP contribution in [-0.4, -0.2) is 29.0 Å². The predicted molar refractivity (Wildman–Crippen MR) is 80.9 cm³/mol. The molecule has 0 bridgehead atoms. The molecule has 0 saturated carbocycles. The minimum absolute atomic E-state index is 0.149. The number of benzene rings is 1. The number of hydrogen-bond donors (Lipinski definition) is 0. The van der Waals surface area contributed by atoms with Crippen LogP contribution < -0.4 is 0 Å². The lowest BCUT2D eigenvalue weighted by molar-refractivity contribution is -0.137. The van der Waals surface area contributed by atoms with Crippen LogP contribution in [0.15, 0.2) is 30.3 Å². The molecule has 21 heavy (non-hydrogen) atoms. The lowest BCUT2D eigenvalue weighted by Crippen LogP contribution is -2.48. The molecule has 4 nitrogen and oxygen atoms in total. The number of rotatable bonds is 1. The van der Waals surface area contributed by atoms with Crippen LogP contribution >= 0.6 is 0 Å². The van der Waals surface area contributed by atoms with E-state index in [4.69, 9.17) is 4.74 Å². The minimum Gasteiger partial charge on any atom is -0.443 e. The molecule has 1 aliphatic rings. The fourth-order valence-electron chi connectivity index (χ4n) is 2.70. The molecule has 1 saturated heterocycles. The first-order valence-electron chi connectivity index (χ1n) is 7.39. The Morgan fingerprint density at radius 2 is 1.86 bits per heavy atom. The highest BCUT2D eigenvalue weighted by Crippen LogP contribution is 2.34. The minimum atomic E-state index is -0.586. The van der Waals surface area contributed by atoms with Gasteiger partial charge in [0.15, 0.2) is 0 Å². The van der Waals surface area contributed by atoms with E-state index in [1.165, 1.54) is 4.90 Å². The molecule has 0 spiro atoms. The van der Waals surface area contributed by atoms with Gasteiger partial charge in [-0.2, -0.15) is 0 Å². The molecule has 2 atom stereocenters. The molecular weight excluding hydrogens is 266 g/mol. The number of hydrogen-bond acceptors (Lipinski definition) is 3. The molecule has 0 aromatic heterocycles. The summed E-state index contributed by atoms with van der Waals surface area (Å²) in [5.74, 6) is -0.199. The summed E-state index contributed by atoms with van der Waals surface area (Å²) in [6, 6.07) is 10.0. The summed E-state index contributed by atoms with van der Waals surface area (Å²) in [7, 11) is 0. The number of carbonyl (C=O) groups is 2. The van der Waals surface area contributed by atoms with Crippen molar-refractivity contribution in [2.45, 2.75) is 45.6 Å². The summed E-state index contributed by atoms with van der Waals surface area (Å²) in [4.78, 5) is 25.8. The summed E-state index contributed by atoms with van der Waals surface area (Å²) in [6.45, 7) is 7.70. The molecule has 1 fully saturated rings. The van der Waals surface area contributed by atoms with Crippen LogP contribution in [0.1, 0.15) is 45.6 Å². The van der Waals surface area contributed by atoms with Gasteiger partial charge in [-0.3, -0.25) is 4.79 Å². The second-order valence-corrected chi connectivity index (χ2v) is 6.56. The molecule has 0 aliphatic carbocycles. The fraction of sp³-hybridized carbons (Fsp3) is 0.529. The summed E-state index contributed by atoms with van der Waals surface area (Å²) in [6.07, 6.45) is 0.238. The zero-order valence-corrected chi connectivity index (χ0v) is 13.1. The SMILES string of the molecule is C[C@@H]1C(=O)N(C(=O)OC(C)(C)C)CCC1c1ccccc1. The van der Waals surface area contributed by atoms with Gasteiger partial charge in [0.1, 0.15) is 5.60 Å². The van der Waals surface area contributed by atoms with Crippen LogP contribution in [-0.2, 0) is 9.53 Å². The van der Waals surface area contributed by atoms with Crippen molar-refractivity contribution in [1.82, 2.24) is 4.90 Å². The van der Waals surface area contributed by atoms with E-state index in [0.717, 1.165) is 12.0 Å². The van der Waals surface area contributed by atoms with E-state index in [1.807, 2.05) is 37.3 Å². The first kappa shape index (κ1) is 15.5. The van der Waals surface area contributed by atoms with E-state index < -0.39 is 11.7 Å². The Balaban J connectivity index is 2.10. The third-order valence-corrected chi connectivity index (χ3v) is 3.76. The van der Waals surface area contributed by atoms with Gasteiger partial charge < -0.3 is 4.74 Å². The van der Waals surface area contributed by atoms with Gasteiger partial charge in [-0.1, -0.05) is 37.3 Å². The van der Waals surface area contributed by atoms with E-state index in [-0.39, 0.29) is 17.7 Å². The van der Waals surface area contributed by atoms with Crippen LogP contribution in [0.4, 0.5) is 4.79 Å². The van der Waals surface area contributed by atoms with Gasteiger partial charge in [-0.15, -0.1) is 0 Å². The lowest BCUT2D eigenvalue weighted by atomic mass is 9.81. The van der Waals surface area contributed by atoms with Crippen LogP contribution in [0, 0.1) is 5.92 Å². The molecule has 2 amide bonds. The zero-order valence-electron chi connectivity index (χ0n) is 13.1. The molecule has 2 rings (SSSR count). The Morgan fingerprint density at radius 1 is 1.24 bits per heavy atom. The zero-order chi connectivity index (χ0) is 15.6. The number of carbonyl (C=O) groups excluding carboxylic acids is 2. The number of amides is 2. The molecule has 1 heterocycles. The van der Waals surface area contributed by atoms with Gasteiger partial charge in [-0.25, -0.2) is 9.69 Å². The molecule has 0 radical (unpaired) electrons. The van der Waals surface area contributed by atoms with Crippen molar-refractivity contribution >= 4 is 12.0 Å². The summed E-state index contributed by atoms with van der Waals surface area (Å²) >= 11 is 0. The number of nitrogens with zero attached hydrogens (tertiary/aromatic N) is 1. The summed E-state index contributed by atoms with van der Waals surface area (Å²) < 4.78 is 5.30. The highest BCUT2D eigenvalue weighted by Gasteiger charge is 2.38. The molecule has 1 aromatic carbocycles. The van der Waals surface area contributed by atoms with Gasteiger partial charge in [0.25, 0.3) is 0 Å². The Bertz CT molecular complexity index is 519. The maximum absolute atomic E-state index is 12.5. The number of likely N-dealkylation sites (tertiary alicyclic amines) is 1. The molecule has 114 valence electrons. The van der Waals surface area contributed by atoms with Crippen LogP contribution in [0.3, 0.4) is 0 Å². The van der Waals surface area contributed by atoms with Gasteiger partial charge in [0.2, 0.25) is 5.91 Å². The molecule has 1 aromatic rings. The van der Waals surface area contributed by atoms with E-state index >= 15 is 0 Å². The first-order chi connectivity index (χ1) is 9.79. The molecule has 1 unspecified atom stereocenters. The van der Waals surface area contributed by atoms with Gasteiger partial charge in [0, 0.05) is 12.5 Å². The van der Waals surface area contributed by atoms with E-state index in [1.54, 1.807) is 20.8 Å². The Kier molecular flexibility index (Phi) is 4.35. The Hall–Kier alpha value is -1.84. The van der Waals surface area contributed by atoms with E-state index in [2.05, 4.69) is 0 Å². The highest BCUT2D eigenvalue weighted by molar-refractivity contribution is 5.94. The predicted octanol–water partition coefficient (Wildman–Crippen LogP) is 3.57. The molecule has 0 N–H and O–H groups in total. The van der Waals surface area contributed by atoms with Crippen molar-refractivity contribution in [2.75, 3.05) is 6.54 Å². The maximum Gasteiger partial charge on any atom is 0.417 e. The quantitative estimate of drug-likeness (QED) is 0.794. The lowest BCUT2D eigenvalue weighted by Gasteiger charge is -2.36. The summed E-state index contributed by atoms with van der Waals surface area (Å²) in [5.41, 5.74) is 0.568. The van der Waals surface area contributed by atoms with E-state index in [0.29, 0.717) is 6.54 Å². The Labute approximate surface area is 126 Å². The second kappa shape index (κ2) is 5.88. The Morgan fingerprint density at radius 3 is 2.43 bits per heavy atom. The third-order valence-electron chi connectivity index (χ3n) is 3.76. The normalized spacial score (nSPS) is 23.0. The number of imide groups is 1. The largest absolute Gasteiger partial charge is 0.443 e. The molecule has 4 heteroatoms.